The molecular weight excluding hydrogens is 408 g/mol. The monoisotopic (exact) mass is 430 g/mol. The summed E-state index contributed by atoms with van der Waals surface area (Å²) in [4.78, 5) is 12.9. The lowest BCUT2D eigenvalue weighted by Crippen LogP contribution is -2.49. The Bertz CT molecular complexity index is 1130. The Labute approximate surface area is 176 Å². The lowest BCUT2D eigenvalue weighted by Gasteiger charge is -2.30. The zero-order valence-electron chi connectivity index (χ0n) is 16.3. The highest BCUT2D eigenvalue weighted by atomic mass is 35.5. The molecule has 0 unspecified atom stereocenters. The van der Waals surface area contributed by atoms with Crippen LogP contribution in [0.5, 0.6) is 0 Å². The van der Waals surface area contributed by atoms with Crippen molar-refractivity contribution >= 4 is 44.0 Å². The van der Waals surface area contributed by atoms with E-state index in [0.29, 0.717) is 23.7 Å². The van der Waals surface area contributed by atoms with E-state index in [1.165, 1.54) is 0 Å². The third kappa shape index (κ3) is 5.08. The molecule has 0 aromatic heterocycles. The minimum atomic E-state index is -3.69. The molecule has 7 heteroatoms. The van der Waals surface area contributed by atoms with Crippen molar-refractivity contribution in [3.05, 3.63) is 77.3 Å². The molecule has 1 amide bonds. The molecule has 3 rings (SSSR count). The van der Waals surface area contributed by atoms with Crippen LogP contribution in [0.3, 0.4) is 0 Å². The molecule has 0 saturated heterocycles. The number of hydrogen-bond acceptors (Lipinski definition) is 3. The normalized spacial score (nSPS) is 12.5. The molecule has 0 aliphatic heterocycles. The Morgan fingerprint density at radius 2 is 1.76 bits per heavy atom. The number of rotatable bonds is 7. The third-order valence-electron chi connectivity index (χ3n) is 4.67. The maximum absolute atomic E-state index is 12.9. The Hall–Kier alpha value is -2.57. The van der Waals surface area contributed by atoms with Gasteiger partial charge in [0.1, 0.15) is 6.04 Å². The van der Waals surface area contributed by atoms with Gasteiger partial charge in [-0.3, -0.25) is 9.10 Å². The number of benzene rings is 3. The van der Waals surface area contributed by atoms with E-state index < -0.39 is 16.1 Å². The molecule has 5 nitrogen and oxygen atoms in total. The van der Waals surface area contributed by atoms with Crippen molar-refractivity contribution in [3.8, 4) is 0 Å². The minimum Gasteiger partial charge on any atom is -0.350 e. The van der Waals surface area contributed by atoms with Gasteiger partial charge in [-0.25, -0.2) is 8.42 Å². The van der Waals surface area contributed by atoms with Crippen LogP contribution in [0.2, 0.25) is 5.02 Å². The van der Waals surface area contributed by atoms with Crippen LogP contribution in [-0.2, 0) is 21.4 Å². The quantitative estimate of drug-likeness (QED) is 0.605. The first-order valence-electron chi connectivity index (χ1n) is 9.30. The first-order valence-corrected chi connectivity index (χ1v) is 11.5. The topological polar surface area (TPSA) is 66.5 Å². The molecule has 0 radical (unpaired) electrons. The van der Waals surface area contributed by atoms with E-state index in [-0.39, 0.29) is 5.91 Å². The summed E-state index contributed by atoms with van der Waals surface area (Å²) in [5.74, 6) is -0.356. The van der Waals surface area contributed by atoms with Gasteiger partial charge in [0.2, 0.25) is 15.9 Å². The molecule has 3 aromatic rings. The first kappa shape index (κ1) is 21.1. The van der Waals surface area contributed by atoms with Crippen molar-refractivity contribution in [2.45, 2.75) is 25.9 Å². The molecule has 0 saturated carbocycles. The summed E-state index contributed by atoms with van der Waals surface area (Å²) in [5, 5.41) is 5.49. The highest BCUT2D eigenvalue weighted by Crippen LogP contribution is 2.25. The fourth-order valence-electron chi connectivity index (χ4n) is 3.33. The van der Waals surface area contributed by atoms with E-state index in [1.807, 2.05) is 42.5 Å². The average Bonchev–Trinajstić information content (AvgIpc) is 2.69. The highest BCUT2D eigenvalue weighted by Gasteiger charge is 2.31. The molecule has 1 atom stereocenters. The van der Waals surface area contributed by atoms with Crippen LogP contribution < -0.4 is 9.62 Å². The SMILES string of the molecule is CC[C@H](C(=O)NCc1ccc2ccccc2c1)N(c1cccc(Cl)c1)S(C)(=O)=O. The maximum Gasteiger partial charge on any atom is 0.244 e. The van der Waals surface area contributed by atoms with Gasteiger partial charge in [0, 0.05) is 11.6 Å². The van der Waals surface area contributed by atoms with Crippen LogP contribution in [0, 0.1) is 0 Å². The van der Waals surface area contributed by atoms with Crippen LogP contribution in [0.1, 0.15) is 18.9 Å². The first-order chi connectivity index (χ1) is 13.8. The average molecular weight is 431 g/mol. The molecule has 0 heterocycles. The van der Waals surface area contributed by atoms with E-state index in [1.54, 1.807) is 31.2 Å². The van der Waals surface area contributed by atoms with Gasteiger partial charge >= 0.3 is 0 Å². The molecule has 0 aliphatic rings. The van der Waals surface area contributed by atoms with E-state index in [0.717, 1.165) is 26.9 Å². The second kappa shape index (κ2) is 8.84. The second-order valence-electron chi connectivity index (χ2n) is 6.86. The molecule has 3 aromatic carbocycles. The van der Waals surface area contributed by atoms with Crippen molar-refractivity contribution in [2.24, 2.45) is 0 Å². The van der Waals surface area contributed by atoms with Gasteiger partial charge in [-0.2, -0.15) is 0 Å². The largest absolute Gasteiger partial charge is 0.350 e. The van der Waals surface area contributed by atoms with Crippen molar-refractivity contribution in [1.82, 2.24) is 5.32 Å². The number of nitrogens with one attached hydrogen (secondary N) is 1. The molecule has 152 valence electrons. The predicted octanol–water partition coefficient (Wildman–Crippen LogP) is 4.35. The Morgan fingerprint density at radius 1 is 1.03 bits per heavy atom. The van der Waals surface area contributed by atoms with Gasteiger partial charge in [0.05, 0.1) is 11.9 Å². The van der Waals surface area contributed by atoms with Crippen LogP contribution in [0.15, 0.2) is 66.7 Å². The van der Waals surface area contributed by atoms with Gasteiger partial charge in [0.15, 0.2) is 0 Å². The number of amides is 1. The standard InChI is InChI=1S/C22H23ClN2O3S/c1-3-21(25(29(2,27)28)20-10-6-9-19(23)14-20)22(26)24-15-16-11-12-17-7-4-5-8-18(17)13-16/h4-14,21H,3,15H2,1-2H3,(H,24,26)/t21-/m1/s1. The fourth-order valence-corrected chi connectivity index (χ4v) is 4.72. The van der Waals surface area contributed by atoms with E-state index in [4.69, 9.17) is 11.6 Å². The lowest BCUT2D eigenvalue weighted by atomic mass is 10.1. The summed E-state index contributed by atoms with van der Waals surface area (Å²) in [7, 11) is -3.69. The molecule has 1 N–H and O–H groups in total. The summed E-state index contributed by atoms with van der Waals surface area (Å²) in [6.45, 7) is 2.09. The Kier molecular flexibility index (Phi) is 6.45. The molecular formula is C22H23ClN2O3S. The fraction of sp³-hybridized carbons (Fsp3) is 0.227. The number of hydrogen-bond donors (Lipinski definition) is 1. The number of nitrogens with zero attached hydrogens (tertiary/aromatic N) is 1. The zero-order valence-corrected chi connectivity index (χ0v) is 17.9. The smallest absolute Gasteiger partial charge is 0.244 e. The van der Waals surface area contributed by atoms with Gasteiger partial charge in [-0.1, -0.05) is 61.0 Å². The highest BCUT2D eigenvalue weighted by molar-refractivity contribution is 7.92. The van der Waals surface area contributed by atoms with E-state index in [2.05, 4.69) is 5.32 Å². The van der Waals surface area contributed by atoms with Crippen molar-refractivity contribution < 1.29 is 13.2 Å². The molecule has 0 bridgehead atoms. The predicted molar refractivity (Wildman–Crippen MR) is 119 cm³/mol. The van der Waals surface area contributed by atoms with Crippen molar-refractivity contribution in [2.75, 3.05) is 10.6 Å². The van der Waals surface area contributed by atoms with Crippen LogP contribution in [0.25, 0.3) is 10.8 Å². The molecule has 29 heavy (non-hydrogen) atoms. The summed E-state index contributed by atoms with van der Waals surface area (Å²) in [5.41, 5.74) is 1.31. The number of anilines is 1. The number of halogens is 1. The molecule has 0 fully saturated rings. The van der Waals surface area contributed by atoms with E-state index >= 15 is 0 Å². The van der Waals surface area contributed by atoms with Gasteiger partial charge < -0.3 is 5.32 Å². The number of carbonyl (C=O) groups excluding carboxylic acids is 1. The number of sulfonamides is 1. The molecule has 0 spiro atoms. The van der Waals surface area contributed by atoms with Gasteiger partial charge in [-0.15, -0.1) is 0 Å². The van der Waals surface area contributed by atoms with Crippen LogP contribution in [-0.4, -0.2) is 26.6 Å². The van der Waals surface area contributed by atoms with Crippen LogP contribution in [0.4, 0.5) is 5.69 Å². The summed E-state index contributed by atoms with van der Waals surface area (Å²) in [6.07, 6.45) is 1.41. The van der Waals surface area contributed by atoms with Gasteiger partial charge in [-0.05, 0) is 47.0 Å². The summed E-state index contributed by atoms with van der Waals surface area (Å²) < 4.78 is 26.1. The van der Waals surface area contributed by atoms with E-state index in [9.17, 15) is 13.2 Å². The second-order valence-corrected chi connectivity index (χ2v) is 9.16. The van der Waals surface area contributed by atoms with Gasteiger partial charge in [0.25, 0.3) is 0 Å². The Morgan fingerprint density at radius 3 is 2.41 bits per heavy atom. The summed E-state index contributed by atoms with van der Waals surface area (Å²) >= 11 is 6.03. The number of fused-ring (bicyclic) bond motifs is 1. The van der Waals surface area contributed by atoms with Crippen LogP contribution >= 0.6 is 11.6 Å². The van der Waals surface area contributed by atoms with Crippen molar-refractivity contribution in [1.29, 1.82) is 0 Å². The van der Waals surface area contributed by atoms with Crippen molar-refractivity contribution in [3.63, 3.8) is 0 Å². The summed E-state index contributed by atoms with van der Waals surface area (Å²) in [6, 6.07) is 19.6. The zero-order chi connectivity index (χ0) is 21.0. The lowest BCUT2D eigenvalue weighted by molar-refractivity contribution is -0.122. The third-order valence-corrected chi connectivity index (χ3v) is 6.09. The number of carbonyl (C=O) groups is 1. The Balaban J connectivity index is 1.81. The molecule has 0 aliphatic carbocycles. The maximum atomic E-state index is 12.9. The minimum absolute atomic E-state index is 0.313.